The molecule has 0 bridgehead atoms. The van der Waals surface area contributed by atoms with Gasteiger partial charge >= 0.3 is 0 Å². The first-order chi connectivity index (χ1) is 12.8. The van der Waals surface area contributed by atoms with Gasteiger partial charge in [0.15, 0.2) is 0 Å². The molecule has 9 heteroatoms. The summed E-state index contributed by atoms with van der Waals surface area (Å²) in [6.07, 6.45) is 0.957. The summed E-state index contributed by atoms with van der Waals surface area (Å²) in [7, 11) is -2.75. The fraction of sp³-hybridized carbons (Fsp3) is 0.222. The molecule has 1 saturated heterocycles. The fourth-order valence-corrected chi connectivity index (χ4v) is 4.31. The Morgan fingerprint density at radius 3 is 2.37 bits per heavy atom. The second kappa shape index (κ2) is 7.58. The number of carbonyl (C=O) groups is 2. The standard InChI is InChI=1S/C18H17ClN2O5S/c1-26-15-10-9-12(21-17(22)7-4-8-18(21)23)11-16(15)27(24,25)20-14-6-3-2-5-13(14)19/h2-3,5-6,9-11,20H,4,7-8H2,1H3. The van der Waals surface area contributed by atoms with E-state index in [1.807, 2.05) is 0 Å². The number of halogens is 1. The minimum Gasteiger partial charge on any atom is -0.495 e. The highest BCUT2D eigenvalue weighted by molar-refractivity contribution is 7.92. The molecule has 2 aromatic carbocycles. The van der Waals surface area contributed by atoms with Crippen molar-refractivity contribution in [3.8, 4) is 5.75 Å². The lowest BCUT2D eigenvalue weighted by molar-refractivity contribution is -0.129. The number of piperidine rings is 1. The Balaban J connectivity index is 2.04. The molecule has 0 saturated carbocycles. The molecule has 3 rings (SSSR count). The topological polar surface area (TPSA) is 92.8 Å². The molecule has 0 radical (unpaired) electrons. The summed E-state index contributed by atoms with van der Waals surface area (Å²) in [4.78, 5) is 25.1. The number of nitrogens with one attached hydrogen (secondary N) is 1. The SMILES string of the molecule is COc1ccc(N2C(=O)CCCC2=O)cc1S(=O)(=O)Nc1ccccc1Cl. The van der Waals surface area contributed by atoms with Crippen molar-refractivity contribution in [2.75, 3.05) is 16.7 Å². The van der Waals surface area contributed by atoms with Gasteiger partial charge in [0.1, 0.15) is 10.6 Å². The Kier molecular flexibility index (Phi) is 5.38. The maximum absolute atomic E-state index is 12.9. The summed E-state index contributed by atoms with van der Waals surface area (Å²) in [5, 5.41) is 0.234. The Labute approximate surface area is 161 Å². The van der Waals surface area contributed by atoms with Crippen LogP contribution < -0.4 is 14.4 Å². The van der Waals surface area contributed by atoms with Gasteiger partial charge in [0.25, 0.3) is 10.0 Å². The number of nitrogens with zero attached hydrogens (tertiary/aromatic N) is 1. The third-order valence-electron chi connectivity index (χ3n) is 4.09. The van der Waals surface area contributed by atoms with Crippen molar-refractivity contribution < 1.29 is 22.7 Å². The molecule has 0 spiro atoms. The van der Waals surface area contributed by atoms with E-state index >= 15 is 0 Å². The van der Waals surface area contributed by atoms with Gasteiger partial charge in [-0.05, 0) is 36.8 Å². The van der Waals surface area contributed by atoms with Crippen LogP contribution in [0.3, 0.4) is 0 Å². The lowest BCUT2D eigenvalue weighted by Crippen LogP contribution is -2.40. The van der Waals surface area contributed by atoms with Crippen molar-refractivity contribution in [2.24, 2.45) is 0 Å². The van der Waals surface area contributed by atoms with Crippen LogP contribution in [0.2, 0.25) is 5.02 Å². The van der Waals surface area contributed by atoms with Gasteiger partial charge in [-0.15, -0.1) is 0 Å². The number of hydrogen-bond acceptors (Lipinski definition) is 5. The monoisotopic (exact) mass is 408 g/mol. The Bertz CT molecular complexity index is 991. The van der Waals surface area contributed by atoms with Crippen LogP contribution in [0.4, 0.5) is 11.4 Å². The highest BCUT2D eigenvalue weighted by Crippen LogP contribution is 2.33. The molecule has 0 aromatic heterocycles. The second-order valence-corrected chi connectivity index (χ2v) is 7.95. The van der Waals surface area contributed by atoms with Gasteiger partial charge in [0, 0.05) is 12.8 Å². The zero-order chi connectivity index (χ0) is 19.6. The van der Waals surface area contributed by atoms with Crippen molar-refractivity contribution in [1.29, 1.82) is 0 Å². The number of anilines is 2. The molecule has 0 aliphatic carbocycles. The average molecular weight is 409 g/mol. The molecule has 27 heavy (non-hydrogen) atoms. The average Bonchev–Trinajstić information content (AvgIpc) is 2.63. The molecule has 2 amide bonds. The van der Waals surface area contributed by atoms with Crippen LogP contribution in [-0.4, -0.2) is 27.3 Å². The van der Waals surface area contributed by atoms with Gasteiger partial charge < -0.3 is 4.74 Å². The maximum Gasteiger partial charge on any atom is 0.265 e. The van der Waals surface area contributed by atoms with Crippen molar-refractivity contribution in [3.63, 3.8) is 0 Å². The van der Waals surface area contributed by atoms with Crippen LogP contribution in [0.5, 0.6) is 5.75 Å². The van der Waals surface area contributed by atoms with Crippen molar-refractivity contribution in [1.82, 2.24) is 0 Å². The maximum atomic E-state index is 12.9. The number of para-hydroxylation sites is 1. The fourth-order valence-electron chi connectivity index (χ4n) is 2.80. The first-order valence-corrected chi connectivity index (χ1v) is 10.0. The van der Waals surface area contributed by atoms with Gasteiger partial charge in [0.05, 0.1) is 23.5 Å². The molecule has 1 aliphatic heterocycles. The first kappa shape index (κ1) is 19.2. The molecule has 1 heterocycles. The summed E-state index contributed by atoms with van der Waals surface area (Å²) in [5.74, 6) is -0.645. The van der Waals surface area contributed by atoms with Crippen LogP contribution in [0, 0.1) is 0 Å². The zero-order valence-corrected chi connectivity index (χ0v) is 16.0. The number of benzene rings is 2. The van der Waals surface area contributed by atoms with Gasteiger partial charge in [-0.1, -0.05) is 23.7 Å². The van der Waals surface area contributed by atoms with E-state index in [0.717, 1.165) is 4.90 Å². The summed E-state index contributed by atoms with van der Waals surface area (Å²) in [6.45, 7) is 0. The van der Waals surface area contributed by atoms with Crippen molar-refractivity contribution in [3.05, 3.63) is 47.5 Å². The van der Waals surface area contributed by atoms with E-state index in [-0.39, 0.29) is 51.7 Å². The number of rotatable bonds is 5. The van der Waals surface area contributed by atoms with E-state index in [1.165, 1.54) is 31.4 Å². The largest absolute Gasteiger partial charge is 0.495 e. The number of amides is 2. The molecular weight excluding hydrogens is 392 g/mol. The third-order valence-corrected chi connectivity index (χ3v) is 5.81. The molecular formula is C18H17ClN2O5S. The number of hydrogen-bond donors (Lipinski definition) is 1. The Morgan fingerprint density at radius 2 is 1.74 bits per heavy atom. The number of sulfonamides is 1. The molecule has 0 unspecified atom stereocenters. The minimum atomic E-state index is -4.08. The second-order valence-electron chi connectivity index (χ2n) is 5.90. The zero-order valence-electron chi connectivity index (χ0n) is 14.4. The molecule has 0 atom stereocenters. The van der Waals surface area contributed by atoms with Crippen LogP contribution in [0.1, 0.15) is 19.3 Å². The predicted molar refractivity (Wildman–Crippen MR) is 102 cm³/mol. The van der Waals surface area contributed by atoms with Crippen LogP contribution in [0.15, 0.2) is 47.4 Å². The molecule has 1 N–H and O–H groups in total. The lowest BCUT2D eigenvalue weighted by atomic mass is 10.1. The first-order valence-electron chi connectivity index (χ1n) is 8.14. The molecule has 2 aromatic rings. The normalized spacial score (nSPS) is 15.0. The number of imide groups is 1. The summed E-state index contributed by atoms with van der Waals surface area (Å²) in [6, 6.07) is 10.5. The van der Waals surface area contributed by atoms with E-state index in [2.05, 4.69) is 4.72 Å². The van der Waals surface area contributed by atoms with E-state index in [4.69, 9.17) is 16.3 Å². The van der Waals surface area contributed by atoms with Gasteiger partial charge in [-0.2, -0.15) is 0 Å². The van der Waals surface area contributed by atoms with Crippen molar-refractivity contribution in [2.45, 2.75) is 24.2 Å². The molecule has 142 valence electrons. The number of ether oxygens (including phenoxy) is 1. The smallest absolute Gasteiger partial charge is 0.265 e. The Morgan fingerprint density at radius 1 is 1.07 bits per heavy atom. The van der Waals surface area contributed by atoms with E-state index in [1.54, 1.807) is 18.2 Å². The summed E-state index contributed by atoms with van der Waals surface area (Å²) < 4.78 is 33.3. The van der Waals surface area contributed by atoms with Crippen LogP contribution in [0.25, 0.3) is 0 Å². The van der Waals surface area contributed by atoms with E-state index < -0.39 is 10.0 Å². The van der Waals surface area contributed by atoms with E-state index in [9.17, 15) is 18.0 Å². The van der Waals surface area contributed by atoms with Crippen LogP contribution in [-0.2, 0) is 19.6 Å². The predicted octanol–water partition coefficient (Wildman–Crippen LogP) is 3.19. The van der Waals surface area contributed by atoms with Gasteiger partial charge in [-0.3, -0.25) is 19.2 Å². The van der Waals surface area contributed by atoms with E-state index in [0.29, 0.717) is 6.42 Å². The third kappa shape index (κ3) is 3.91. The molecule has 1 aliphatic rings. The quantitative estimate of drug-likeness (QED) is 0.767. The van der Waals surface area contributed by atoms with Gasteiger partial charge in [0.2, 0.25) is 11.8 Å². The highest BCUT2D eigenvalue weighted by Gasteiger charge is 2.30. The van der Waals surface area contributed by atoms with Gasteiger partial charge in [-0.25, -0.2) is 8.42 Å². The number of carbonyl (C=O) groups excluding carboxylic acids is 2. The minimum absolute atomic E-state index is 0.0789. The summed E-state index contributed by atoms with van der Waals surface area (Å²) in [5.41, 5.74) is 0.391. The molecule has 1 fully saturated rings. The number of methoxy groups -OCH3 is 1. The van der Waals surface area contributed by atoms with Crippen molar-refractivity contribution >= 4 is 44.8 Å². The highest BCUT2D eigenvalue weighted by atomic mass is 35.5. The van der Waals surface area contributed by atoms with Crippen LogP contribution >= 0.6 is 11.6 Å². The molecule has 7 nitrogen and oxygen atoms in total. The Hall–Kier alpha value is -2.58. The summed E-state index contributed by atoms with van der Waals surface area (Å²) >= 11 is 6.03. The lowest BCUT2D eigenvalue weighted by Gasteiger charge is -2.25.